The third-order valence-corrected chi connectivity index (χ3v) is 5.14. The van der Waals surface area contributed by atoms with Gasteiger partial charge in [0.2, 0.25) is 5.13 Å². The van der Waals surface area contributed by atoms with E-state index in [9.17, 15) is 18.5 Å². The van der Waals surface area contributed by atoms with E-state index in [1.54, 1.807) is 0 Å². The summed E-state index contributed by atoms with van der Waals surface area (Å²) < 4.78 is 26.7. The Morgan fingerprint density at radius 3 is 2.82 bits per heavy atom. The molecule has 1 heterocycles. The summed E-state index contributed by atoms with van der Waals surface area (Å²) in [5.74, 6) is 0. The Hall–Kier alpha value is -2.07. The molecule has 0 unspecified atom stereocenters. The molecular weight excluding hydrogens is 328 g/mol. The number of nitrogens with one attached hydrogen (secondary N) is 1. The molecule has 0 saturated carbocycles. The van der Waals surface area contributed by atoms with Crippen molar-refractivity contribution >= 4 is 32.2 Å². The number of anilines is 1. The molecule has 1 N–H and O–H groups in total. The van der Waals surface area contributed by atoms with E-state index in [4.69, 9.17) is 0 Å². The van der Waals surface area contributed by atoms with Crippen LogP contribution in [-0.2, 0) is 16.4 Å². The minimum Gasteiger partial charge on any atom is -0.258 e. The summed E-state index contributed by atoms with van der Waals surface area (Å²) in [7, 11) is -3.92. The van der Waals surface area contributed by atoms with E-state index in [0.717, 1.165) is 41.7 Å². The number of hydrogen-bond acceptors (Lipinski definition) is 7. The molecule has 0 aliphatic carbocycles. The molecule has 0 amide bonds. The lowest BCUT2D eigenvalue weighted by molar-refractivity contribution is -0.385. The van der Waals surface area contributed by atoms with Gasteiger partial charge in [-0.15, -0.1) is 10.2 Å². The average molecular weight is 342 g/mol. The number of rotatable bonds is 7. The van der Waals surface area contributed by atoms with Crippen molar-refractivity contribution in [1.82, 2.24) is 10.2 Å². The molecule has 0 aliphatic rings. The lowest BCUT2D eigenvalue weighted by Crippen LogP contribution is -2.13. The summed E-state index contributed by atoms with van der Waals surface area (Å²) in [6.45, 7) is 2.05. The van der Waals surface area contributed by atoms with Crippen LogP contribution in [0, 0.1) is 10.1 Å². The molecule has 2 rings (SSSR count). The van der Waals surface area contributed by atoms with E-state index in [-0.39, 0.29) is 15.7 Å². The predicted molar refractivity (Wildman–Crippen MR) is 82.4 cm³/mol. The first-order valence-electron chi connectivity index (χ1n) is 6.52. The third-order valence-electron chi connectivity index (χ3n) is 2.77. The molecule has 118 valence electrons. The van der Waals surface area contributed by atoms with Gasteiger partial charge in [0.05, 0.1) is 9.82 Å². The van der Waals surface area contributed by atoms with Gasteiger partial charge < -0.3 is 0 Å². The van der Waals surface area contributed by atoms with Crippen molar-refractivity contribution in [1.29, 1.82) is 0 Å². The van der Waals surface area contributed by atoms with Gasteiger partial charge in [0.25, 0.3) is 15.7 Å². The lowest BCUT2D eigenvalue weighted by atomic mass is 10.3. The average Bonchev–Trinajstić information content (AvgIpc) is 2.92. The number of benzene rings is 1. The SMILES string of the molecule is CCCCc1nnc(NS(=O)(=O)c2cccc([N+](=O)[O-])c2)s1. The second-order valence-corrected chi connectivity index (χ2v) is 7.21. The second-order valence-electron chi connectivity index (χ2n) is 4.46. The fraction of sp³-hybridized carbons (Fsp3) is 0.333. The summed E-state index contributed by atoms with van der Waals surface area (Å²) >= 11 is 1.16. The topological polar surface area (TPSA) is 115 Å². The van der Waals surface area contributed by atoms with E-state index in [2.05, 4.69) is 14.9 Å². The van der Waals surface area contributed by atoms with Gasteiger partial charge in [-0.1, -0.05) is 30.7 Å². The quantitative estimate of drug-likeness (QED) is 0.611. The van der Waals surface area contributed by atoms with E-state index < -0.39 is 14.9 Å². The molecule has 0 atom stereocenters. The maximum absolute atomic E-state index is 12.2. The van der Waals surface area contributed by atoms with E-state index >= 15 is 0 Å². The van der Waals surface area contributed by atoms with Gasteiger partial charge in [-0.05, 0) is 12.5 Å². The maximum Gasteiger partial charge on any atom is 0.270 e. The lowest BCUT2D eigenvalue weighted by Gasteiger charge is -2.04. The summed E-state index contributed by atoms with van der Waals surface area (Å²) in [5, 5.41) is 19.3. The zero-order chi connectivity index (χ0) is 16.2. The largest absolute Gasteiger partial charge is 0.270 e. The monoisotopic (exact) mass is 342 g/mol. The van der Waals surface area contributed by atoms with Crippen molar-refractivity contribution in [2.24, 2.45) is 0 Å². The molecule has 0 fully saturated rings. The molecule has 0 radical (unpaired) electrons. The second kappa shape index (κ2) is 6.79. The number of sulfonamides is 1. The Balaban J connectivity index is 2.18. The van der Waals surface area contributed by atoms with Crippen molar-refractivity contribution in [2.75, 3.05) is 4.72 Å². The van der Waals surface area contributed by atoms with Crippen LogP contribution in [0.3, 0.4) is 0 Å². The first kappa shape index (κ1) is 16.3. The van der Waals surface area contributed by atoms with Crippen LogP contribution >= 0.6 is 11.3 Å². The number of nitro groups is 1. The Kier molecular flexibility index (Phi) is 5.03. The molecule has 22 heavy (non-hydrogen) atoms. The van der Waals surface area contributed by atoms with Crippen LogP contribution in [0.2, 0.25) is 0 Å². The van der Waals surface area contributed by atoms with Crippen molar-refractivity contribution < 1.29 is 13.3 Å². The molecule has 0 aliphatic heterocycles. The number of aromatic nitrogens is 2. The highest BCUT2D eigenvalue weighted by atomic mass is 32.2. The van der Waals surface area contributed by atoms with Gasteiger partial charge in [-0.3, -0.25) is 14.8 Å². The molecule has 1 aromatic carbocycles. The van der Waals surface area contributed by atoms with Crippen LogP contribution in [0.25, 0.3) is 0 Å². The number of nitro benzene ring substituents is 1. The van der Waals surface area contributed by atoms with Crippen LogP contribution in [0.15, 0.2) is 29.2 Å². The first-order chi connectivity index (χ1) is 10.4. The van der Waals surface area contributed by atoms with E-state index in [0.29, 0.717) is 0 Å². The zero-order valence-electron chi connectivity index (χ0n) is 11.7. The van der Waals surface area contributed by atoms with Gasteiger partial charge >= 0.3 is 0 Å². The third kappa shape index (κ3) is 3.98. The van der Waals surface area contributed by atoms with Crippen molar-refractivity contribution in [3.05, 3.63) is 39.4 Å². The fourth-order valence-electron chi connectivity index (χ4n) is 1.66. The van der Waals surface area contributed by atoms with Crippen molar-refractivity contribution in [3.8, 4) is 0 Å². The summed E-state index contributed by atoms with van der Waals surface area (Å²) in [6.07, 6.45) is 2.70. The van der Waals surface area contributed by atoms with Gasteiger partial charge in [0, 0.05) is 18.6 Å². The number of aryl methyl sites for hydroxylation is 1. The number of non-ortho nitro benzene ring substituents is 1. The number of unbranched alkanes of at least 4 members (excludes halogenated alkanes) is 1. The Morgan fingerprint density at radius 1 is 1.36 bits per heavy atom. The zero-order valence-corrected chi connectivity index (χ0v) is 13.4. The first-order valence-corrected chi connectivity index (χ1v) is 8.82. The van der Waals surface area contributed by atoms with Crippen LogP contribution in [0.4, 0.5) is 10.8 Å². The minimum atomic E-state index is -3.92. The van der Waals surface area contributed by atoms with Gasteiger partial charge in [-0.25, -0.2) is 8.42 Å². The molecule has 8 nitrogen and oxygen atoms in total. The van der Waals surface area contributed by atoms with E-state index in [1.807, 2.05) is 6.92 Å². The standard InChI is InChI=1S/C12H14N4O4S2/c1-2-3-7-11-13-14-12(21-11)15-22(19,20)10-6-4-5-9(8-10)16(17)18/h4-6,8H,2-3,7H2,1H3,(H,14,15). The molecule has 0 bridgehead atoms. The summed E-state index contributed by atoms with van der Waals surface area (Å²) in [5.41, 5.74) is -0.288. The fourth-order valence-corrected chi connectivity index (χ4v) is 3.71. The molecule has 0 spiro atoms. The highest BCUT2D eigenvalue weighted by molar-refractivity contribution is 7.93. The van der Waals surface area contributed by atoms with Crippen LogP contribution in [0.5, 0.6) is 0 Å². The maximum atomic E-state index is 12.2. The molecular formula is C12H14N4O4S2. The number of nitrogens with zero attached hydrogens (tertiary/aromatic N) is 3. The molecule has 2 aromatic rings. The normalized spacial score (nSPS) is 11.3. The van der Waals surface area contributed by atoms with Crippen LogP contribution in [-0.4, -0.2) is 23.5 Å². The highest BCUT2D eigenvalue weighted by Crippen LogP contribution is 2.23. The van der Waals surface area contributed by atoms with Crippen molar-refractivity contribution in [2.45, 2.75) is 31.1 Å². The Bertz CT molecular complexity index is 773. The Morgan fingerprint density at radius 2 is 2.14 bits per heavy atom. The molecule has 10 heteroatoms. The van der Waals surface area contributed by atoms with Gasteiger partial charge in [-0.2, -0.15) is 0 Å². The molecule has 0 saturated heterocycles. The number of hydrogen-bond donors (Lipinski definition) is 1. The highest BCUT2D eigenvalue weighted by Gasteiger charge is 2.19. The Labute approximate surface area is 131 Å². The van der Waals surface area contributed by atoms with Gasteiger partial charge in [0.1, 0.15) is 5.01 Å². The van der Waals surface area contributed by atoms with Gasteiger partial charge in [0.15, 0.2) is 0 Å². The molecule has 1 aromatic heterocycles. The summed E-state index contributed by atoms with van der Waals surface area (Å²) in [6, 6.07) is 4.84. The van der Waals surface area contributed by atoms with Crippen LogP contribution < -0.4 is 4.72 Å². The predicted octanol–water partition coefficient (Wildman–Crippen LogP) is 2.59. The minimum absolute atomic E-state index is 0.151. The summed E-state index contributed by atoms with van der Waals surface area (Å²) in [4.78, 5) is 9.88. The smallest absolute Gasteiger partial charge is 0.258 e. The van der Waals surface area contributed by atoms with E-state index in [1.165, 1.54) is 18.2 Å². The van der Waals surface area contributed by atoms with Crippen LogP contribution in [0.1, 0.15) is 24.8 Å². The van der Waals surface area contributed by atoms with Crippen molar-refractivity contribution in [3.63, 3.8) is 0 Å².